The van der Waals surface area contributed by atoms with Crippen LogP contribution in [0.3, 0.4) is 0 Å². The Balaban J connectivity index is 1.75. The van der Waals surface area contributed by atoms with E-state index >= 15 is 0 Å². The molecule has 1 aliphatic heterocycles. The second-order valence-electron chi connectivity index (χ2n) is 7.22. The number of piperazine rings is 1. The number of carbonyl (C=O) groups excluding carboxylic acids is 2. The summed E-state index contributed by atoms with van der Waals surface area (Å²) in [6, 6.07) is 9.18. The van der Waals surface area contributed by atoms with E-state index in [1.807, 2.05) is 30.0 Å². The van der Waals surface area contributed by atoms with Gasteiger partial charge in [0, 0.05) is 53.7 Å². The summed E-state index contributed by atoms with van der Waals surface area (Å²) in [7, 11) is 1.58. The van der Waals surface area contributed by atoms with E-state index in [-0.39, 0.29) is 11.8 Å². The zero-order valence-corrected chi connectivity index (χ0v) is 21.8. The molecule has 1 N–H and O–H groups in total. The second kappa shape index (κ2) is 11.2. The third kappa shape index (κ3) is 6.05. The molecule has 0 saturated carbocycles. The molecule has 2 aromatic rings. The van der Waals surface area contributed by atoms with E-state index in [4.69, 9.17) is 16.3 Å². The minimum atomic E-state index is -0.286. The quantitative estimate of drug-likeness (QED) is 0.450. The van der Waals surface area contributed by atoms with Crippen LogP contribution in [-0.2, 0) is 9.59 Å². The Hall–Kier alpha value is -2.03. The standard InChI is InChI=1S/C23H24Br2ClN3O3/c1-3-22(31)29-10-8-28(9-11-29)20-6-5-17(26)14-19(20)27-21(30)7-4-15-12-16(24)13-18(25)23(15)32-2/h4-7,12-14H,3,8-11H2,1-2H3,(H,27,30)/b7-4+. The average Bonchev–Trinajstić information content (AvgIpc) is 2.77. The fraction of sp³-hybridized carbons (Fsp3) is 0.304. The zero-order chi connectivity index (χ0) is 23.3. The molecule has 1 fully saturated rings. The van der Waals surface area contributed by atoms with Crippen LogP contribution in [0.25, 0.3) is 6.08 Å². The van der Waals surface area contributed by atoms with Gasteiger partial charge < -0.3 is 19.9 Å². The van der Waals surface area contributed by atoms with E-state index < -0.39 is 0 Å². The first-order valence-corrected chi connectivity index (χ1v) is 12.1. The van der Waals surface area contributed by atoms with E-state index in [0.29, 0.717) is 49.1 Å². The molecule has 2 aromatic carbocycles. The summed E-state index contributed by atoms with van der Waals surface area (Å²) in [6.07, 6.45) is 3.66. The third-order valence-electron chi connectivity index (χ3n) is 5.15. The lowest BCUT2D eigenvalue weighted by molar-refractivity contribution is -0.131. The highest BCUT2D eigenvalue weighted by Gasteiger charge is 2.22. The number of hydrogen-bond donors (Lipinski definition) is 1. The molecule has 0 aliphatic carbocycles. The van der Waals surface area contributed by atoms with Gasteiger partial charge in [0.2, 0.25) is 11.8 Å². The lowest BCUT2D eigenvalue weighted by Gasteiger charge is -2.37. The van der Waals surface area contributed by atoms with E-state index in [1.165, 1.54) is 6.08 Å². The number of ether oxygens (including phenoxy) is 1. The maximum atomic E-state index is 12.7. The summed E-state index contributed by atoms with van der Waals surface area (Å²) >= 11 is 13.1. The SMILES string of the molecule is CCC(=O)N1CCN(c2ccc(Cl)cc2NC(=O)/C=C/c2cc(Br)cc(Br)c2OC)CC1. The van der Waals surface area contributed by atoms with Crippen molar-refractivity contribution in [2.75, 3.05) is 43.5 Å². The Bertz CT molecular complexity index is 1040. The van der Waals surface area contributed by atoms with Gasteiger partial charge in [-0.1, -0.05) is 34.5 Å². The second-order valence-corrected chi connectivity index (χ2v) is 9.42. The van der Waals surface area contributed by atoms with Crippen molar-refractivity contribution in [1.29, 1.82) is 0 Å². The molecule has 0 spiro atoms. The molecular weight excluding hydrogens is 562 g/mol. The van der Waals surface area contributed by atoms with Crippen LogP contribution in [0.4, 0.5) is 11.4 Å². The predicted octanol–water partition coefficient (Wildman–Crippen LogP) is 5.58. The summed E-state index contributed by atoms with van der Waals surface area (Å²) in [5.74, 6) is 0.515. The highest BCUT2D eigenvalue weighted by molar-refractivity contribution is 9.11. The Morgan fingerprint density at radius 2 is 1.88 bits per heavy atom. The fourth-order valence-electron chi connectivity index (χ4n) is 3.56. The lowest BCUT2D eigenvalue weighted by atomic mass is 10.1. The van der Waals surface area contributed by atoms with Crippen molar-refractivity contribution in [3.05, 3.63) is 55.9 Å². The fourth-order valence-corrected chi connectivity index (χ4v) is 5.16. The van der Waals surface area contributed by atoms with Gasteiger partial charge in [-0.3, -0.25) is 9.59 Å². The van der Waals surface area contributed by atoms with Crippen LogP contribution in [0.2, 0.25) is 5.02 Å². The first-order chi connectivity index (χ1) is 15.3. The minimum Gasteiger partial charge on any atom is -0.495 e. The van der Waals surface area contributed by atoms with Gasteiger partial charge in [0.1, 0.15) is 5.75 Å². The maximum Gasteiger partial charge on any atom is 0.248 e. The molecule has 0 aromatic heterocycles. The molecule has 170 valence electrons. The highest BCUT2D eigenvalue weighted by atomic mass is 79.9. The van der Waals surface area contributed by atoms with Crippen molar-refractivity contribution < 1.29 is 14.3 Å². The molecule has 0 atom stereocenters. The molecule has 9 heteroatoms. The molecule has 1 saturated heterocycles. The molecule has 0 radical (unpaired) electrons. The van der Waals surface area contributed by atoms with Crippen molar-refractivity contribution in [2.24, 2.45) is 0 Å². The summed E-state index contributed by atoms with van der Waals surface area (Å²) in [4.78, 5) is 28.7. The van der Waals surface area contributed by atoms with Gasteiger partial charge in [0.15, 0.2) is 0 Å². The van der Waals surface area contributed by atoms with E-state index in [9.17, 15) is 9.59 Å². The molecule has 0 unspecified atom stereocenters. The van der Waals surface area contributed by atoms with Crippen LogP contribution in [0.5, 0.6) is 5.75 Å². The number of nitrogens with zero attached hydrogens (tertiary/aromatic N) is 2. The van der Waals surface area contributed by atoms with Gasteiger partial charge >= 0.3 is 0 Å². The first kappa shape index (κ1) is 24.6. The number of hydrogen-bond acceptors (Lipinski definition) is 4. The monoisotopic (exact) mass is 583 g/mol. The molecule has 32 heavy (non-hydrogen) atoms. The van der Waals surface area contributed by atoms with E-state index in [0.717, 1.165) is 20.2 Å². The van der Waals surface area contributed by atoms with Gasteiger partial charge in [-0.2, -0.15) is 0 Å². The van der Waals surface area contributed by atoms with E-state index in [2.05, 4.69) is 42.1 Å². The number of amides is 2. The molecule has 0 bridgehead atoms. The summed E-state index contributed by atoms with van der Waals surface area (Å²) in [5, 5.41) is 3.47. The minimum absolute atomic E-state index is 0.161. The summed E-state index contributed by atoms with van der Waals surface area (Å²) < 4.78 is 7.08. The summed E-state index contributed by atoms with van der Waals surface area (Å²) in [5.41, 5.74) is 2.26. The largest absolute Gasteiger partial charge is 0.495 e. The van der Waals surface area contributed by atoms with E-state index in [1.54, 1.807) is 25.3 Å². The number of methoxy groups -OCH3 is 1. The Morgan fingerprint density at radius 3 is 2.53 bits per heavy atom. The van der Waals surface area contributed by atoms with Gasteiger partial charge in [0.25, 0.3) is 0 Å². The first-order valence-electron chi connectivity index (χ1n) is 10.2. The van der Waals surface area contributed by atoms with Crippen LogP contribution in [0.15, 0.2) is 45.4 Å². The van der Waals surface area contributed by atoms with Crippen molar-refractivity contribution in [3.8, 4) is 5.75 Å². The van der Waals surface area contributed by atoms with Crippen LogP contribution in [0.1, 0.15) is 18.9 Å². The Morgan fingerprint density at radius 1 is 1.16 bits per heavy atom. The summed E-state index contributed by atoms with van der Waals surface area (Å²) in [6.45, 7) is 4.56. The van der Waals surface area contributed by atoms with Crippen LogP contribution in [0, 0.1) is 0 Å². The maximum absolute atomic E-state index is 12.7. The Kier molecular flexibility index (Phi) is 8.62. The van der Waals surface area contributed by atoms with Crippen molar-refractivity contribution >= 4 is 72.7 Å². The normalized spacial score (nSPS) is 14.0. The number of rotatable bonds is 6. The third-order valence-corrected chi connectivity index (χ3v) is 6.43. The Labute approximate surface area is 209 Å². The van der Waals surface area contributed by atoms with Crippen LogP contribution in [-0.4, -0.2) is 50.0 Å². The van der Waals surface area contributed by atoms with Crippen LogP contribution < -0.4 is 15.0 Å². The average molecular weight is 586 g/mol. The molecular formula is C23H24Br2ClN3O3. The number of benzene rings is 2. The van der Waals surface area contributed by atoms with Crippen molar-refractivity contribution in [2.45, 2.75) is 13.3 Å². The van der Waals surface area contributed by atoms with Gasteiger partial charge in [-0.15, -0.1) is 0 Å². The molecule has 2 amide bonds. The topological polar surface area (TPSA) is 61.9 Å². The smallest absolute Gasteiger partial charge is 0.248 e. The molecule has 6 nitrogen and oxygen atoms in total. The number of carbonyl (C=O) groups is 2. The highest BCUT2D eigenvalue weighted by Crippen LogP contribution is 2.34. The van der Waals surface area contributed by atoms with Crippen molar-refractivity contribution in [1.82, 2.24) is 4.90 Å². The van der Waals surface area contributed by atoms with Gasteiger partial charge in [0.05, 0.1) is 23.0 Å². The predicted molar refractivity (Wildman–Crippen MR) is 137 cm³/mol. The zero-order valence-electron chi connectivity index (χ0n) is 17.8. The van der Waals surface area contributed by atoms with Gasteiger partial charge in [-0.25, -0.2) is 0 Å². The lowest BCUT2D eigenvalue weighted by Crippen LogP contribution is -2.48. The van der Waals surface area contributed by atoms with Crippen molar-refractivity contribution in [3.63, 3.8) is 0 Å². The molecule has 1 aliphatic rings. The number of halogens is 3. The van der Waals surface area contributed by atoms with Gasteiger partial charge in [-0.05, 0) is 52.3 Å². The number of nitrogens with one attached hydrogen (secondary N) is 1. The number of anilines is 2. The molecule has 1 heterocycles. The van der Waals surface area contributed by atoms with Crippen LogP contribution >= 0.6 is 43.5 Å². The molecule has 3 rings (SSSR count).